The molecule has 2 N–H and O–H groups in total. The van der Waals surface area contributed by atoms with Crippen molar-refractivity contribution in [2.24, 2.45) is 0 Å². The Kier molecular flexibility index (Phi) is 3.96. The van der Waals surface area contributed by atoms with E-state index in [0.29, 0.717) is 23.0 Å². The Labute approximate surface area is 145 Å². The molecule has 0 fully saturated rings. The molecular weight excluding hydrogens is 349 g/mol. The predicted octanol–water partition coefficient (Wildman–Crippen LogP) is 4.11. The Bertz CT molecular complexity index is 984. The van der Waals surface area contributed by atoms with E-state index in [4.69, 9.17) is 9.47 Å². The lowest BCUT2D eigenvalue weighted by Crippen LogP contribution is -2.02. The summed E-state index contributed by atoms with van der Waals surface area (Å²) in [5.41, 5.74) is 0.453. The second-order valence-corrected chi connectivity index (χ2v) is 5.33. The third kappa shape index (κ3) is 3.06. The van der Waals surface area contributed by atoms with Gasteiger partial charge in [0.15, 0.2) is 29.0 Å². The van der Waals surface area contributed by atoms with Crippen LogP contribution in [0.3, 0.4) is 0 Å². The first-order valence-corrected chi connectivity index (χ1v) is 7.49. The zero-order chi connectivity index (χ0) is 18.1. The molecule has 0 amide bonds. The molecule has 0 unspecified atom stereocenters. The molecule has 9 heteroatoms. The minimum absolute atomic E-state index is 0.167. The minimum Gasteiger partial charge on any atom is -0.454 e. The van der Waals surface area contributed by atoms with Crippen LogP contribution in [-0.2, 0) is 0 Å². The number of nitrogens with zero attached hydrogens (tertiary/aromatic N) is 2. The van der Waals surface area contributed by atoms with E-state index in [1.165, 1.54) is 12.4 Å². The molecule has 0 saturated carbocycles. The summed E-state index contributed by atoms with van der Waals surface area (Å²) < 4.78 is 50.6. The number of ether oxygens (including phenoxy) is 2. The van der Waals surface area contributed by atoms with E-state index < -0.39 is 17.5 Å². The summed E-state index contributed by atoms with van der Waals surface area (Å²) in [6.07, 6.45) is 1.25. The van der Waals surface area contributed by atoms with Gasteiger partial charge in [-0.2, -0.15) is 0 Å². The number of aromatic nitrogens is 2. The van der Waals surface area contributed by atoms with Crippen LogP contribution < -0.4 is 20.1 Å². The van der Waals surface area contributed by atoms with Gasteiger partial charge in [-0.25, -0.2) is 23.1 Å². The van der Waals surface area contributed by atoms with Gasteiger partial charge in [0.2, 0.25) is 6.79 Å². The van der Waals surface area contributed by atoms with Crippen LogP contribution in [0.1, 0.15) is 0 Å². The lowest BCUT2D eigenvalue weighted by molar-refractivity contribution is 0.174. The maximum absolute atomic E-state index is 13.8. The Morgan fingerprint density at radius 2 is 1.58 bits per heavy atom. The van der Waals surface area contributed by atoms with Crippen LogP contribution in [0.4, 0.5) is 36.2 Å². The average Bonchev–Trinajstić information content (AvgIpc) is 3.10. The Morgan fingerprint density at radius 1 is 0.808 bits per heavy atom. The quantitative estimate of drug-likeness (QED) is 0.683. The van der Waals surface area contributed by atoms with E-state index in [9.17, 15) is 13.2 Å². The van der Waals surface area contributed by atoms with E-state index in [2.05, 4.69) is 20.6 Å². The number of nitrogens with one attached hydrogen (secondary N) is 2. The summed E-state index contributed by atoms with van der Waals surface area (Å²) in [6, 6.07) is 8.67. The molecule has 2 aromatic carbocycles. The number of rotatable bonds is 4. The van der Waals surface area contributed by atoms with Crippen LogP contribution >= 0.6 is 0 Å². The van der Waals surface area contributed by atoms with Crippen LogP contribution in [-0.4, -0.2) is 16.8 Å². The van der Waals surface area contributed by atoms with Crippen molar-refractivity contribution in [2.75, 3.05) is 17.4 Å². The fraction of sp³-hybridized carbons (Fsp3) is 0.0588. The molecule has 3 aromatic rings. The second-order valence-electron chi connectivity index (χ2n) is 5.33. The second kappa shape index (κ2) is 6.43. The largest absolute Gasteiger partial charge is 0.454 e. The maximum Gasteiger partial charge on any atom is 0.231 e. The number of hydrogen-bond donors (Lipinski definition) is 2. The number of halogens is 3. The minimum atomic E-state index is -1.55. The normalized spacial score (nSPS) is 12.1. The van der Waals surface area contributed by atoms with Crippen LogP contribution in [0.5, 0.6) is 11.5 Å². The first-order valence-electron chi connectivity index (χ1n) is 7.49. The smallest absolute Gasteiger partial charge is 0.231 e. The van der Waals surface area contributed by atoms with Crippen molar-refractivity contribution in [3.05, 3.63) is 60.2 Å². The van der Waals surface area contributed by atoms with Crippen molar-refractivity contribution in [2.45, 2.75) is 0 Å². The molecule has 132 valence electrons. The van der Waals surface area contributed by atoms with Crippen LogP contribution in [0.25, 0.3) is 0 Å². The standard InChI is InChI=1S/C17H11F3N4O2/c18-10-2-3-11(17(20)16(10)19)24-15-6-14(21-7-22-15)23-9-1-4-12-13(5-9)26-8-25-12/h1-7H,8H2,(H2,21,22,23,24). The third-order valence-electron chi connectivity index (χ3n) is 3.61. The van der Waals surface area contributed by atoms with Gasteiger partial charge in [0, 0.05) is 17.8 Å². The summed E-state index contributed by atoms with van der Waals surface area (Å²) in [5.74, 6) is -2.28. The fourth-order valence-corrected chi connectivity index (χ4v) is 2.38. The highest BCUT2D eigenvalue weighted by atomic mass is 19.2. The molecule has 2 heterocycles. The molecule has 1 aromatic heterocycles. The number of fused-ring (bicyclic) bond motifs is 1. The summed E-state index contributed by atoms with van der Waals surface area (Å²) in [4.78, 5) is 8.00. The van der Waals surface area contributed by atoms with E-state index in [-0.39, 0.29) is 18.3 Å². The highest BCUT2D eigenvalue weighted by Crippen LogP contribution is 2.35. The van der Waals surface area contributed by atoms with Gasteiger partial charge >= 0.3 is 0 Å². The van der Waals surface area contributed by atoms with Crippen LogP contribution in [0.15, 0.2) is 42.7 Å². The van der Waals surface area contributed by atoms with Gasteiger partial charge < -0.3 is 20.1 Å². The average molecular weight is 360 g/mol. The molecule has 0 saturated heterocycles. The van der Waals surface area contributed by atoms with Crippen molar-refractivity contribution in [1.82, 2.24) is 9.97 Å². The summed E-state index contributed by atoms with van der Waals surface area (Å²) >= 11 is 0. The van der Waals surface area contributed by atoms with Gasteiger partial charge in [-0.3, -0.25) is 0 Å². The summed E-state index contributed by atoms with van der Waals surface area (Å²) in [7, 11) is 0. The molecule has 0 bridgehead atoms. The maximum atomic E-state index is 13.8. The summed E-state index contributed by atoms with van der Waals surface area (Å²) in [6.45, 7) is 0.167. The highest BCUT2D eigenvalue weighted by Gasteiger charge is 2.15. The Morgan fingerprint density at radius 3 is 2.42 bits per heavy atom. The van der Waals surface area contributed by atoms with Crippen molar-refractivity contribution in [3.8, 4) is 11.5 Å². The topological polar surface area (TPSA) is 68.3 Å². The van der Waals surface area contributed by atoms with Crippen molar-refractivity contribution >= 4 is 23.0 Å². The predicted molar refractivity (Wildman–Crippen MR) is 87.5 cm³/mol. The molecule has 1 aliphatic heterocycles. The molecule has 4 rings (SSSR count). The first-order chi connectivity index (χ1) is 12.6. The van der Waals surface area contributed by atoms with Gasteiger partial charge in [0.1, 0.15) is 18.0 Å². The van der Waals surface area contributed by atoms with Crippen LogP contribution in [0, 0.1) is 17.5 Å². The van der Waals surface area contributed by atoms with Gasteiger partial charge in [0.25, 0.3) is 0 Å². The van der Waals surface area contributed by atoms with E-state index in [0.717, 1.165) is 12.1 Å². The van der Waals surface area contributed by atoms with E-state index in [1.54, 1.807) is 18.2 Å². The van der Waals surface area contributed by atoms with E-state index >= 15 is 0 Å². The van der Waals surface area contributed by atoms with Gasteiger partial charge in [-0.1, -0.05) is 0 Å². The Hall–Kier alpha value is -3.49. The van der Waals surface area contributed by atoms with Crippen molar-refractivity contribution < 1.29 is 22.6 Å². The van der Waals surface area contributed by atoms with Gasteiger partial charge in [-0.05, 0) is 24.3 Å². The number of hydrogen-bond acceptors (Lipinski definition) is 6. The molecule has 0 spiro atoms. The molecule has 0 aliphatic carbocycles. The summed E-state index contributed by atoms with van der Waals surface area (Å²) in [5, 5.41) is 5.63. The zero-order valence-electron chi connectivity index (χ0n) is 13.1. The lowest BCUT2D eigenvalue weighted by atomic mass is 10.2. The zero-order valence-corrected chi connectivity index (χ0v) is 13.1. The molecule has 26 heavy (non-hydrogen) atoms. The van der Waals surface area contributed by atoms with Gasteiger partial charge in [-0.15, -0.1) is 0 Å². The monoisotopic (exact) mass is 360 g/mol. The van der Waals surface area contributed by atoms with E-state index in [1.807, 2.05) is 0 Å². The molecular formula is C17H11F3N4O2. The number of anilines is 4. The molecule has 0 atom stereocenters. The fourth-order valence-electron chi connectivity index (χ4n) is 2.38. The molecule has 6 nitrogen and oxygen atoms in total. The SMILES string of the molecule is Fc1ccc(Nc2cc(Nc3ccc4c(c3)OCO4)ncn2)c(F)c1F. The van der Waals surface area contributed by atoms with Gasteiger partial charge in [0.05, 0.1) is 5.69 Å². The number of benzene rings is 2. The first kappa shape index (κ1) is 16.0. The Balaban J connectivity index is 1.54. The third-order valence-corrected chi connectivity index (χ3v) is 3.61. The van der Waals surface area contributed by atoms with Crippen molar-refractivity contribution in [1.29, 1.82) is 0 Å². The molecule has 0 radical (unpaired) electrons. The lowest BCUT2D eigenvalue weighted by Gasteiger charge is -2.10. The van der Waals surface area contributed by atoms with Crippen molar-refractivity contribution in [3.63, 3.8) is 0 Å². The highest BCUT2D eigenvalue weighted by molar-refractivity contribution is 5.65. The van der Waals surface area contributed by atoms with Crippen LogP contribution in [0.2, 0.25) is 0 Å². The molecule has 1 aliphatic rings.